The molecule has 1 heterocycles. The van der Waals surface area contributed by atoms with Gasteiger partial charge in [-0.1, -0.05) is 39.0 Å². The van der Waals surface area contributed by atoms with E-state index in [1.165, 1.54) is 70.8 Å². The maximum Gasteiger partial charge on any atom is 0.00977 e. The Kier molecular flexibility index (Phi) is 6.66. The summed E-state index contributed by atoms with van der Waals surface area (Å²) in [6, 6.07) is 2.22. The van der Waals surface area contributed by atoms with Gasteiger partial charge >= 0.3 is 0 Å². The SMILES string of the molecule is CCC1CCCCC1NC(C)CC1CCCCCN1. The van der Waals surface area contributed by atoms with Crippen molar-refractivity contribution in [1.82, 2.24) is 10.6 Å². The molecule has 2 aliphatic rings. The van der Waals surface area contributed by atoms with Crippen molar-refractivity contribution in [2.45, 2.75) is 96.2 Å². The van der Waals surface area contributed by atoms with Crippen molar-refractivity contribution < 1.29 is 0 Å². The molecule has 0 bridgehead atoms. The first-order valence-corrected chi connectivity index (χ1v) is 8.79. The van der Waals surface area contributed by atoms with Gasteiger partial charge in [0.05, 0.1) is 0 Å². The molecule has 0 aromatic carbocycles. The van der Waals surface area contributed by atoms with Crippen molar-refractivity contribution in [1.29, 1.82) is 0 Å². The van der Waals surface area contributed by atoms with E-state index in [0.717, 1.165) is 18.0 Å². The second kappa shape index (κ2) is 8.26. The van der Waals surface area contributed by atoms with Crippen LogP contribution in [0.4, 0.5) is 0 Å². The molecule has 112 valence electrons. The van der Waals surface area contributed by atoms with Gasteiger partial charge in [-0.2, -0.15) is 0 Å². The molecule has 1 saturated heterocycles. The minimum absolute atomic E-state index is 0.674. The van der Waals surface area contributed by atoms with E-state index >= 15 is 0 Å². The molecule has 2 nitrogen and oxygen atoms in total. The number of hydrogen-bond donors (Lipinski definition) is 2. The number of rotatable bonds is 5. The number of hydrogen-bond acceptors (Lipinski definition) is 2. The van der Waals surface area contributed by atoms with Crippen LogP contribution in [0.3, 0.4) is 0 Å². The fraction of sp³-hybridized carbons (Fsp3) is 1.00. The molecule has 2 N–H and O–H groups in total. The molecule has 2 rings (SSSR count). The molecule has 1 aliphatic heterocycles. The third kappa shape index (κ3) is 5.07. The Morgan fingerprint density at radius 1 is 1.05 bits per heavy atom. The summed E-state index contributed by atoms with van der Waals surface area (Å²) in [7, 11) is 0. The zero-order chi connectivity index (χ0) is 13.5. The molecule has 1 saturated carbocycles. The molecular formula is C17H34N2. The lowest BCUT2D eigenvalue weighted by atomic mass is 9.82. The fourth-order valence-corrected chi connectivity index (χ4v) is 4.08. The van der Waals surface area contributed by atoms with E-state index in [-0.39, 0.29) is 0 Å². The zero-order valence-electron chi connectivity index (χ0n) is 13.1. The van der Waals surface area contributed by atoms with E-state index in [0.29, 0.717) is 6.04 Å². The minimum Gasteiger partial charge on any atom is -0.314 e. The highest BCUT2D eigenvalue weighted by atomic mass is 15.0. The quantitative estimate of drug-likeness (QED) is 0.789. The van der Waals surface area contributed by atoms with Gasteiger partial charge in [0.15, 0.2) is 0 Å². The standard InChI is InChI=1S/C17H34N2/c1-3-15-9-6-7-11-17(15)19-14(2)13-16-10-5-4-8-12-18-16/h14-19H,3-13H2,1-2H3. The maximum absolute atomic E-state index is 3.95. The van der Waals surface area contributed by atoms with Crippen LogP contribution in [-0.4, -0.2) is 24.7 Å². The topological polar surface area (TPSA) is 24.1 Å². The highest BCUT2D eigenvalue weighted by molar-refractivity contribution is 4.84. The lowest BCUT2D eigenvalue weighted by Crippen LogP contribution is -2.45. The van der Waals surface area contributed by atoms with Crippen molar-refractivity contribution in [2.24, 2.45) is 5.92 Å². The Balaban J connectivity index is 1.74. The Morgan fingerprint density at radius 2 is 1.84 bits per heavy atom. The summed E-state index contributed by atoms with van der Waals surface area (Å²) in [5.41, 5.74) is 0. The van der Waals surface area contributed by atoms with Crippen molar-refractivity contribution in [2.75, 3.05) is 6.54 Å². The first kappa shape index (κ1) is 15.3. The third-order valence-corrected chi connectivity index (χ3v) is 5.23. The van der Waals surface area contributed by atoms with Crippen LogP contribution in [0.2, 0.25) is 0 Å². The maximum atomic E-state index is 3.95. The van der Waals surface area contributed by atoms with Crippen molar-refractivity contribution in [3.05, 3.63) is 0 Å². The van der Waals surface area contributed by atoms with Gasteiger partial charge in [0.25, 0.3) is 0 Å². The predicted octanol–water partition coefficient (Wildman–Crippen LogP) is 3.86. The summed E-state index contributed by atoms with van der Waals surface area (Å²) >= 11 is 0. The summed E-state index contributed by atoms with van der Waals surface area (Å²) in [5, 5.41) is 7.68. The van der Waals surface area contributed by atoms with Crippen LogP contribution in [0.15, 0.2) is 0 Å². The van der Waals surface area contributed by atoms with Crippen molar-refractivity contribution in [3.8, 4) is 0 Å². The first-order chi connectivity index (χ1) is 9.29. The van der Waals surface area contributed by atoms with Crippen LogP contribution in [0.25, 0.3) is 0 Å². The molecule has 2 heteroatoms. The van der Waals surface area contributed by atoms with E-state index in [1.54, 1.807) is 0 Å². The average molecular weight is 266 g/mol. The van der Waals surface area contributed by atoms with Crippen LogP contribution >= 0.6 is 0 Å². The molecule has 0 radical (unpaired) electrons. The monoisotopic (exact) mass is 266 g/mol. The summed E-state index contributed by atoms with van der Waals surface area (Å²) in [6.45, 7) is 5.99. The second-order valence-corrected chi connectivity index (χ2v) is 6.86. The highest BCUT2D eigenvalue weighted by Crippen LogP contribution is 2.27. The zero-order valence-corrected chi connectivity index (χ0v) is 13.1. The molecule has 2 fully saturated rings. The summed E-state index contributed by atoms with van der Waals surface area (Å²) in [4.78, 5) is 0. The second-order valence-electron chi connectivity index (χ2n) is 6.86. The molecule has 0 spiro atoms. The normalized spacial score (nSPS) is 34.7. The molecule has 0 amide bonds. The summed E-state index contributed by atoms with van der Waals surface area (Å²) in [5.74, 6) is 0.929. The van der Waals surface area contributed by atoms with Crippen LogP contribution < -0.4 is 10.6 Å². The van der Waals surface area contributed by atoms with E-state index in [4.69, 9.17) is 0 Å². The molecule has 4 atom stereocenters. The first-order valence-electron chi connectivity index (χ1n) is 8.79. The van der Waals surface area contributed by atoms with Gasteiger partial charge < -0.3 is 10.6 Å². The van der Waals surface area contributed by atoms with Crippen LogP contribution in [-0.2, 0) is 0 Å². The van der Waals surface area contributed by atoms with Gasteiger partial charge in [-0.25, -0.2) is 0 Å². The Hall–Kier alpha value is -0.0800. The number of nitrogens with one attached hydrogen (secondary N) is 2. The van der Waals surface area contributed by atoms with Gasteiger partial charge in [-0.3, -0.25) is 0 Å². The Morgan fingerprint density at radius 3 is 2.68 bits per heavy atom. The van der Waals surface area contributed by atoms with Gasteiger partial charge in [0.1, 0.15) is 0 Å². The molecule has 0 aromatic rings. The molecule has 1 aliphatic carbocycles. The van der Waals surface area contributed by atoms with E-state index in [1.807, 2.05) is 0 Å². The fourth-order valence-electron chi connectivity index (χ4n) is 4.08. The molecule has 0 aromatic heterocycles. The van der Waals surface area contributed by atoms with Gasteiger partial charge in [-0.15, -0.1) is 0 Å². The van der Waals surface area contributed by atoms with Crippen molar-refractivity contribution >= 4 is 0 Å². The molecule has 19 heavy (non-hydrogen) atoms. The van der Waals surface area contributed by atoms with E-state index in [2.05, 4.69) is 24.5 Å². The van der Waals surface area contributed by atoms with E-state index < -0.39 is 0 Å². The van der Waals surface area contributed by atoms with Gasteiger partial charge in [0, 0.05) is 18.1 Å². The van der Waals surface area contributed by atoms with Gasteiger partial charge in [0.2, 0.25) is 0 Å². The third-order valence-electron chi connectivity index (χ3n) is 5.23. The summed E-state index contributed by atoms with van der Waals surface area (Å²) < 4.78 is 0. The summed E-state index contributed by atoms with van der Waals surface area (Å²) in [6.07, 6.45) is 14.0. The van der Waals surface area contributed by atoms with Crippen LogP contribution in [0.5, 0.6) is 0 Å². The lowest BCUT2D eigenvalue weighted by Gasteiger charge is -2.35. The van der Waals surface area contributed by atoms with Crippen LogP contribution in [0.1, 0.15) is 78.1 Å². The molecule has 4 unspecified atom stereocenters. The van der Waals surface area contributed by atoms with E-state index in [9.17, 15) is 0 Å². The average Bonchev–Trinajstić information content (AvgIpc) is 2.68. The Bertz CT molecular complexity index is 233. The largest absolute Gasteiger partial charge is 0.314 e. The van der Waals surface area contributed by atoms with Crippen molar-refractivity contribution in [3.63, 3.8) is 0 Å². The predicted molar refractivity (Wildman–Crippen MR) is 83.5 cm³/mol. The van der Waals surface area contributed by atoms with Crippen LogP contribution in [0, 0.1) is 5.92 Å². The highest BCUT2D eigenvalue weighted by Gasteiger charge is 2.25. The lowest BCUT2D eigenvalue weighted by molar-refractivity contribution is 0.230. The Labute approximate surface area is 120 Å². The van der Waals surface area contributed by atoms with Gasteiger partial charge in [-0.05, 0) is 51.5 Å². The molecular weight excluding hydrogens is 232 g/mol. The smallest absolute Gasteiger partial charge is 0.00977 e. The minimum atomic E-state index is 0.674.